The van der Waals surface area contributed by atoms with Crippen LogP contribution in [0.5, 0.6) is 0 Å². The molecule has 2 heterocycles. The molecule has 8 heavy (non-hydrogen) atoms. The molecular weight excluding hydrogens is 100 g/mol. The number of hydrogen-bond acceptors (Lipinski definition) is 1. The molecular formula is C6H6N2. The van der Waals surface area contributed by atoms with Crippen LogP contribution in [-0.2, 0) is 13.0 Å². The smallest absolute Gasteiger partial charge is 0.0492 e. The van der Waals surface area contributed by atoms with Crippen LogP contribution < -0.4 is 0 Å². The molecule has 0 aromatic carbocycles. The monoisotopic (exact) mass is 106 g/mol. The van der Waals surface area contributed by atoms with Crippen molar-refractivity contribution in [2.75, 3.05) is 0 Å². The van der Waals surface area contributed by atoms with E-state index in [2.05, 4.69) is 11.5 Å². The predicted octanol–water partition coefficient (Wildman–Crippen LogP) is 0.520. The third kappa shape index (κ3) is 0.399. The Labute approximate surface area is 48.1 Å². The fraction of sp³-hybridized carbons (Fsp3) is 0.333. The lowest BCUT2D eigenvalue weighted by Crippen LogP contribution is -1.92. The van der Waals surface area contributed by atoms with Gasteiger partial charge in [0.05, 0.1) is 0 Å². The normalized spacial score (nSPS) is 16.5. The van der Waals surface area contributed by atoms with Crippen molar-refractivity contribution in [1.82, 2.24) is 9.78 Å². The molecule has 1 aromatic heterocycles. The molecule has 2 radical (unpaired) electrons. The summed E-state index contributed by atoms with van der Waals surface area (Å²) in [5.41, 5.74) is 1.28. The third-order valence-electron chi connectivity index (χ3n) is 1.37. The second-order valence-electron chi connectivity index (χ2n) is 1.91. The van der Waals surface area contributed by atoms with E-state index in [-0.39, 0.29) is 0 Å². The van der Waals surface area contributed by atoms with Crippen molar-refractivity contribution in [3.05, 3.63) is 24.4 Å². The highest BCUT2D eigenvalue weighted by atomic mass is 15.3. The van der Waals surface area contributed by atoms with Crippen LogP contribution in [0.25, 0.3) is 0 Å². The molecule has 0 saturated heterocycles. The maximum Gasteiger partial charge on any atom is 0.0492 e. The molecule has 2 nitrogen and oxygen atoms in total. The van der Waals surface area contributed by atoms with Gasteiger partial charge in [-0.05, 0) is 12.5 Å². The molecule has 0 N–H and O–H groups in total. The van der Waals surface area contributed by atoms with Gasteiger partial charge in [0.1, 0.15) is 0 Å². The maximum absolute atomic E-state index is 4.05. The highest BCUT2D eigenvalue weighted by Gasteiger charge is 2.08. The van der Waals surface area contributed by atoms with E-state index in [1.165, 1.54) is 5.69 Å². The molecule has 0 spiro atoms. The summed E-state index contributed by atoms with van der Waals surface area (Å²) in [5, 5.41) is 4.05. The van der Waals surface area contributed by atoms with Crippen LogP contribution in [0.3, 0.4) is 0 Å². The van der Waals surface area contributed by atoms with Crippen molar-refractivity contribution in [3.63, 3.8) is 0 Å². The second kappa shape index (κ2) is 1.34. The molecule has 2 rings (SSSR count). The Bertz CT molecular complexity index is 172. The molecule has 40 valence electrons. The molecule has 0 unspecified atom stereocenters. The van der Waals surface area contributed by atoms with Gasteiger partial charge in [-0.2, -0.15) is 5.10 Å². The van der Waals surface area contributed by atoms with Crippen LogP contribution in [0, 0.1) is 6.42 Å². The topological polar surface area (TPSA) is 17.8 Å². The molecule has 0 fully saturated rings. The van der Waals surface area contributed by atoms with E-state index >= 15 is 0 Å². The van der Waals surface area contributed by atoms with E-state index < -0.39 is 0 Å². The minimum atomic E-state index is 0.877. The number of aromatic nitrogens is 2. The Hall–Kier alpha value is -0.790. The van der Waals surface area contributed by atoms with Crippen molar-refractivity contribution in [2.45, 2.75) is 13.0 Å². The summed E-state index contributed by atoms with van der Waals surface area (Å²) < 4.78 is 1.96. The Morgan fingerprint density at radius 2 is 2.75 bits per heavy atom. The van der Waals surface area contributed by atoms with Crippen molar-refractivity contribution in [3.8, 4) is 0 Å². The average Bonchev–Trinajstić information content (AvgIpc) is 2.15. The van der Waals surface area contributed by atoms with Crippen LogP contribution in [0.2, 0.25) is 0 Å². The molecule has 1 aliphatic heterocycles. The van der Waals surface area contributed by atoms with Crippen LogP contribution >= 0.6 is 0 Å². The zero-order chi connectivity index (χ0) is 5.40. The van der Waals surface area contributed by atoms with Crippen LogP contribution in [0.1, 0.15) is 5.69 Å². The van der Waals surface area contributed by atoms with Crippen molar-refractivity contribution >= 4 is 0 Å². The Morgan fingerprint density at radius 3 is 3.62 bits per heavy atom. The number of rotatable bonds is 0. The third-order valence-corrected chi connectivity index (χ3v) is 1.37. The van der Waals surface area contributed by atoms with Gasteiger partial charge in [0.15, 0.2) is 0 Å². The van der Waals surface area contributed by atoms with E-state index in [9.17, 15) is 0 Å². The largest absolute Gasteiger partial charge is 0.269 e. The summed E-state index contributed by atoms with van der Waals surface area (Å²) in [5.74, 6) is 0. The van der Waals surface area contributed by atoms with Crippen molar-refractivity contribution < 1.29 is 0 Å². The quantitative estimate of drug-likeness (QED) is 0.471. The Kier molecular flexibility index (Phi) is 0.692. The SMILES string of the molecule is [C]1Cc2ccnn2C1. The number of nitrogens with zero attached hydrogens (tertiary/aromatic N) is 2. The molecule has 1 aliphatic rings. The summed E-state index contributed by atoms with van der Waals surface area (Å²) in [6.45, 7) is 0.877. The zero-order valence-electron chi connectivity index (χ0n) is 4.46. The molecule has 0 atom stereocenters. The highest BCUT2D eigenvalue weighted by molar-refractivity contribution is 5.08. The van der Waals surface area contributed by atoms with Crippen LogP contribution in [0.4, 0.5) is 0 Å². The van der Waals surface area contributed by atoms with E-state index in [0.29, 0.717) is 0 Å². The highest BCUT2D eigenvalue weighted by Crippen LogP contribution is 2.09. The predicted molar refractivity (Wildman–Crippen MR) is 29.2 cm³/mol. The first-order valence-corrected chi connectivity index (χ1v) is 2.68. The van der Waals surface area contributed by atoms with Gasteiger partial charge in [-0.15, -0.1) is 0 Å². The van der Waals surface area contributed by atoms with E-state index in [1.807, 2.05) is 16.9 Å². The summed E-state index contributed by atoms with van der Waals surface area (Å²) >= 11 is 0. The van der Waals surface area contributed by atoms with Crippen molar-refractivity contribution in [1.29, 1.82) is 0 Å². The molecule has 0 saturated carbocycles. The molecule has 2 heteroatoms. The van der Waals surface area contributed by atoms with Gasteiger partial charge in [0.25, 0.3) is 0 Å². The first kappa shape index (κ1) is 4.13. The summed E-state index contributed by atoms with van der Waals surface area (Å²) in [4.78, 5) is 0. The van der Waals surface area contributed by atoms with E-state index in [4.69, 9.17) is 0 Å². The van der Waals surface area contributed by atoms with Gasteiger partial charge in [-0.1, -0.05) is 0 Å². The van der Waals surface area contributed by atoms with E-state index in [0.717, 1.165) is 13.0 Å². The number of fused-ring (bicyclic) bond motifs is 1. The average molecular weight is 106 g/mol. The first-order valence-electron chi connectivity index (χ1n) is 2.68. The lowest BCUT2D eigenvalue weighted by molar-refractivity contribution is 0.706. The van der Waals surface area contributed by atoms with Gasteiger partial charge in [0, 0.05) is 24.9 Å². The molecule has 1 aromatic rings. The van der Waals surface area contributed by atoms with Crippen molar-refractivity contribution in [2.24, 2.45) is 0 Å². The summed E-state index contributed by atoms with van der Waals surface area (Å²) in [7, 11) is 0. The lowest BCUT2D eigenvalue weighted by atomic mass is 10.3. The molecule has 0 amide bonds. The summed E-state index contributed by atoms with van der Waals surface area (Å²) in [6, 6.07) is 2.03. The van der Waals surface area contributed by atoms with Gasteiger partial charge in [-0.3, -0.25) is 4.68 Å². The zero-order valence-corrected chi connectivity index (χ0v) is 4.46. The van der Waals surface area contributed by atoms with Crippen LogP contribution in [-0.4, -0.2) is 9.78 Å². The standard InChI is InChI=1S/C6H6N2/c1-2-6-3-4-7-8(6)5-1/h3-4H,2,5H2. The first-order chi connectivity index (χ1) is 3.97. The second-order valence-corrected chi connectivity index (χ2v) is 1.91. The minimum absolute atomic E-state index is 0.877. The fourth-order valence-electron chi connectivity index (χ4n) is 0.942. The van der Waals surface area contributed by atoms with Crippen LogP contribution in [0.15, 0.2) is 12.3 Å². The number of hydrogen-bond donors (Lipinski definition) is 0. The van der Waals surface area contributed by atoms with Gasteiger partial charge in [0.2, 0.25) is 0 Å². The van der Waals surface area contributed by atoms with Gasteiger partial charge >= 0.3 is 0 Å². The molecule has 0 bridgehead atoms. The van der Waals surface area contributed by atoms with E-state index in [1.54, 1.807) is 0 Å². The minimum Gasteiger partial charge on any atom is -0.269 e. The summed E-state index contributed by atoms with van der Waals surface area (Å²) in [6.07, 6.45) is 5.97. The van der Waals surface area contributed by atoms with Gasteiger partial charge in [-0.25, -0.2) is 0 Å². The fourth-order valence-corrected chi connectivity index (χ4v) is 0.942. The Balaban J connectivity index is 2.54. The van der Waals surface area contributed by atoms with Gasteiger partial charge < -0.3 is 0 Å². The molecule has 0 aliphatic carbocycles. The Morgan fingerprint density at radius 1 is 1.75 bits per heavy atom. The maximum atomic E-state index is 4.05. The lowest BCUT2D eigenvalue weighted by Gasteiger charge is -1.87.